The van der Waals surface area contributed by atoms with Gasteiger partial charge in [-0.15, -0.1) is 11.3 Å². The number of aliphatic carboxylic acids is 1. The number of fused-ring (bicyclic) bond motifs is 7. The Morgan fingerprint density at radius 2 is 1.74 bits per heavy atom. The number of carbonyl (C=O) groups is 1. The predicted molar refractivity (Wildman–Crippen MR) is 247 cm³/mol. The van der Waals surface area contributed by atoms with Crippen LogP contribution in [0.25, 0.3) is 37.4 Å². The largest absolute Gasteiger partial charge is 0.490 e. The first-order chi connectivity index (χ1) is 31.7. The maximum absolute atomic E-state index is 14.3. The van der Waals surface area contributed by atoms with E-state index in [1.54, 1.807) is 42.6 Å². The number of likely N-dealkylation sites (N-methyl/N-ethyl adjacent to an activating group) is 1. The van der Waals surface area contributed by atoms with Gasteiger partial charge >= 0.3 is 5.97 Å². The maximum atomic E-state index is 14.3. The summed E-state index contributed by atoms with van der Waals surface area (Å²) in [4.78, 5) is 37.1. The molecule has 2 atom stereocenters. The minimum absolute atomic E-state index is 0.00638. The lowest BCUT2D eigenvalue weighted by molar-refractivity contribution is -0.145. The quantitative estimate of drug-likeness (QED) is 0.156. The van der Waals surface area contributed by atoms with Gasteiger partial charge in [0.15, 0.2) is 11.6 Å². The van der Waals surface area contributed by atoms with E-state index in [-0.39, 0.29) is 54.8 Å². The molecule has 18 heteroatoms. The molecule has 0 unspecified atom stereocenters. The molecule has 0 radical (unpaired) electrons. The highest BCUT2D eigenvalue weighted by atomic mass is 35.5. The fourth-order valence-electron chi connectivity index (χ4n) is 8.49. The molecular formula is C48H45Cl2F3N6O6S. The summed E-state index contributed by atoms with van der Waals surface area (Å²) in [5.74, 6) is -3.06. The number of aromatic nitrogens is 4. The number of piperazine rings is 1. The topological polar surface area (TPSA) is 132 Å². The van der Waals surface area contributed by atoms with Crippen LogP contribution in [0.15, 0.2) is 67.1 Å². The number of halogens is 5. The molecule has 1 saturated heterocycles. The monoisotopic (exact) mass is 960 g/mol. The van der Waals surface area contributed by atoms with Crippen LogP contribution in [0.1, 0.15) is 47.5 Å². The van der Waals surface area contributed by atoms with E-state index in [1.807, 2.05) is 13.8 Å². The number of carboxylic acid groups (broad SMARTS) is 1. The Bertz CT molecular complexity index is 2810. The van der Waals surface area contributed by atoms with Crippen molar-refractivity contribution in [3.63, 3.8) is 0 Å². The Morgan fingerprint density at radius 1 is 0.985 bits per heavy atom. The van der Waals surface area contributed by atoms with Crippen LogP contribution in [-0.2, 0) is 17.8 Å². The van der Waals surface area contributed by atoms with Crippen LogP contribution in [0, 0.1) is 19.7 Å². The molecule has 1 aliphatic carbocycles. The zero-order valence-corrected chi connectivity index (χ0v) is 38.6. The van der Waals surface area contributed by atoms with Crippen molar-refractivity contribution in [1.82, 2.24) is 29.7 Å². The molecule has 0 spiro atoms. The van der Waals surface area contributed by atoms with Gasteiger partial charge in [-0.1, -0.05) is 41.4 Å². The van der Waals surface area contributed by atoms with Gasteiger partial charge in [0.2, 0.25) is 12.0 Å². The van der Waals surface area contributed by atoms with Gasteiger partial charge < -0.3 is 29.0 Å². The van der Waals surface area contributed by atoms with Crippen molar-refractivity contribution in [2.45, 2.75) is 64.3 Å². The van der Waals surface area contributed by atoms with Crippen molar-refractivity contribution in [2.24, 2.45) is 0 Å². The van der Waals surface area contributed by atoms with E-state index in [1.165, 1.54) is 35.9 Å². The molecule has 12 nitrogen and oxygen atoms in total. The van der Waals surface area contributed by atoms with E-state index in [2.05, 4.69) is 36.8 Å². The lowest BCUT2D eigenvalue weighted by Gasteiger charge is -2.35. The van der Waals surface area contributed by atoms with Crippen LogP contribution in [0.5, 0.6) is 23.1 Å². The molecule has 10 rings (SSSR count). The number of thiophene rings is 1. The minimum Gasteiger partial charge on any atom is -0.490 e. The zero-order valence-electron chi connectivity index (χ0n) is 36.3. The third-order valence-corrected chi connectivity index (χ3v) is 14.2. The molecule has 0 amide bonds. The van der Waals surface area contributed by atoms with Crippen LogP contribution >= 0.6 is 34.5 Å². The summed E-state index contributed by atoms with van der Waals surface area (Å²) in [6.45, 7) is 7.62. The number of alkyl halides is 2. The Labute approximate surface area is 392 Å². The Hall–Kier alpha value is -5.52. The molecule has 4 aliphatic rings. The summed E-state index contributed by atoms with van der Waals surface area (Å²) in [5, 5.41) is 11.8. The van der Waals surface area contributed by atoms with Gasteiger partial charge in [0, 0.05) is 74.2 Å². The Morgan fingerprint density at radius 3 is 2.45 bits per heavy atom. The van der Waals surface area contributed by atoms with E-state index in [4.69, 9.17) is 42.1 Å². The van der Waals surface area contributed by atoms with Crippen molar-refractivity contribution in [1.29, 1.82) is 0 Å². The molecule has 1 N–H and O–H groups in total. The SMILES string of the molecule is Cc1c(Cl)c2c(Cl)c(C)c1-c1c(-c3ccc(F)cc3)sc3ncnc(c13)O[C@@H](C(=O)O)Cc1cc(ccc1OCc1ccnc(C3=CCC(F)(F)CC3)n1)OC[C@@H](CN1CCN(C)CC1)O2. The molecular weight excluding hydrogens is 917 g/mol. The molecule has 4 bridgehead atoms. The zero-order chi connectivity index (χ0) is 46.3. The van der Waals surface area contributed by atoms with Crippen molar-refractivity contribution in [2.75, 3.05) is 46.4 Å². The van der Waals surface area contributed by atoms with E-state index in [0.29, 0.717) is 89.4 Å². The molecule has 3 aromatic carbocycles. The summed E-state index contributed by atoms with van der Waals surface area (Å²) in [5.41, 5.74) is 4.73. The number of hydrogen-bond acceptors (Lipinski definition) is 12. The third-order valence-electron chi connectivity index (χ3n) is 12.1. The van der Waals surface area contributed by atoms with Crippen LogP contribution in [0.3, 0.4) is 0 Å². The Balaban J connectivity index is 1.15. The van der Waals surface area contributed by atoms with E-state index in [0.717, 1.165) is 26.2 Å². The predicted octanol–water partition coefficient (Wildman–Crippen LogP) is 10.1. The molecule has 66 heavy (non-hydrogen) atoms. The summed E-state index contributed by atoms with van der Waals surface area (Å²) in [6, 6.07) is 12.8. The second kappa shape index (κ2) is 19.0. The lowest BCUT2D eigenvalue weighted by Crippen LogP contribution is -2.49. The molecule has 1 fully saturated rings. The van der Waals surface area contributed by atoms with Gasteiger partial charge in [-0.25, -0.2) is 37.9 Å². The number of nitrogens with zero attached hydrogens (tertiary/aromatic N) is 6. The number of allylic oxidation sites excluding steroid dienone is 2. The molecule has 0 saturated carbocycles. The van der Waals surface area contributed by atoms with E-state index >= 15 is 0 Å². The summed E-state index contributed by atoms with van der Waals surface area (Å²) in [7, 11) is 2.09. The lowest BCUT2D eigenvalue weighted by atomic mass is 9.92. The minimum atomic E-state index is -2.76. The van der Waals surface area contributed by atoms with Crippen LogP contribution in [0.2, 0.25) is 10.0 Å². The van der Waals surface area contributed by atoms with Gasteiger partial charge in [-0.3, -0.25) is 4.90 Å². The number of benzene rings is 3. The highest BCUT2D eigenvalue weighted by molar-refractivity contribution is 7.22. The standard InChI is InChI=1S/C48H45Cl2F3N6O6S/c1-26-37-27(2)41(50)42(40(26)49)64-34(22-59-18-16-58(3)17-19-59)24-62-33-8-9-35(63-23-32-12-15-54-44(57-32)29-10-13-48(52,53)14-11-29)30(20-33)21-36(47(60)61)65-45-39-38(37)43(66-46(39)56-25-55-45)28-4-6-31(51)7-5-28/h4-10,12,15,20,25,34,36H,11,13-14,16-19,21-24H2,1-3H3,(H,60,61)/t34-,36-/m1/s1. The highest BCUT2D eigenvalue weighted by Crippen LogP contribution is 2.53. The number of ether oxygens (including phenoxy) is 4. The number of hydrogen-bond donors (Lipinski definition) is 1. The van der Waals surface area contributed by atoms with Gasteiger partial charge in [0.25, 0.3) is 5.92 Å². The average Bonchev–Trinajstić information content (AvgIpc) is 3.69. The van der Waals surface area contributed by atoms with Crippen LogP contribution < -0.4 is 18.9 Å². The van der Waals surface area contributed by atoms with E-state index < -0.39 is 29.9 Å². The number of carboxylic acids is 1. The summed E-state index contributed by atoms with van der Waals surface area (Å²) in [6.07, 6.45) is 1.55. The van der Waals surface area contributed by atoms with E-state index in [9.17, 15) is 23.1 Å². The fraction of sp³-hybridized carbons (Fsp3) is 0.354. The van der Waals surface area contributed by atoms with Gasteiger partial charge in [-0.2, -0.15) is 0 Å². The molecule has 3 aliphatic heterocycles. The molecule has 3 aromatic heterocycles. The summed E-state index contributed by atoms with van der Waals surface area (Å²) >= 11 is 15.9. The second-order valence-corrected chi connectivity index (χ2v) is 18.5. The maximum Gasteiger partial charge on any atom is 0.345 e. The summed E-state index contributed by atoms with van der Waals surface area (Å²) < 4.78 is 68.2. The Kier molecular flexibility index (Phi) is 13.1. The first kappa shape index (κ1) is 45.6. The van der Waals surface area contributed by atoms with Crippen LogP contribution in [0.4, 0.5) is 13.2 Å². The third kappa shape index (κ3) is 9.65. The van der Waals surface area contributed by atoms with Crippen molar-refractivity contribution >= 4 is 56.3 Å². The highest BCUT2D eigenvalue weighted by Gasteiger charge is 2.34. The molecule has 344 valence electrons. The van der Waals surface area contributed by atoms with Crippen molar-refractivity contribution in [3.8, 4) is 44.7 Å². The average molecular weight is 962 g/mol. The second-order valence-electron chi connectivity index (χ2n) is 16.8. The number of rotatable bonds is 8. The van der Waals surface area contributed by atoms with Gasteiger partial charge in [-0.05, 0) is 91.5 Å². The first-order valence-electron chi connectivity index (χ1n) is 21.5. The smallest absolute Gasteiger partial charge is 0.345 e. The van der Waals surface area contributed by atoms with Gasteiger partial charge in [0.05, 0.1) is 21.1 Å². The van der Waals surface area contributed by atoms with Gasteiger partial charge in [0.1, 0.15) is 47.8 Å². The van der Waals surface area contributed by atoms with Crippen molar-refractivity contribution in [3.05, 3.63) is 111 Å². The first-order valence-corrected chi connectivity index (χ1v) is 23.0. The van der Waals surface area contributed by atoms with Crippen molar-refractivity contribution < 1.29 is 42.0 Å². The van der Waals surface area contributed by atoms with Crippen LogP contribution in [-0.4, -0.2) is 105 Å². The normalized spacial score (nSPS) is 19.1. The molecule has 6 aromatic rings. The fourth-order valence-corrected chi connectivity index (χ4v) is 10.2. The molecule has 6 heterocycles.